The van der Waals surface area contributed by atoms with E-state index in [1.54, 1.807) is 16.4 Å². The Hall–Kier alpha value is -2.43. The van der Waals surface area contributed by atoms with E-state index in [1.807, 2.05) is 49.4 Å². The van der Waals surface area contributed by atoms with Crippen molar-refractivity contribution in [3.63, 3.8) is 0 Å². The van der Waals surface area contributed by atoms with Crippen LogP contribution in [-0.2, 0) is 10.0 Å². The van der Waals surface area contributed by atoms with Gasteiger partial charge in [0.25, 0.3) is 0 Å². The molecule has 0 N–H and O–H groups in total. The van der Waals surface area contributed by atoms with Crippen LogP contribution in [0.3, 0.4) is 0 Å². The molecular formula is C29H25NO2SSe2. The fourth-order valence-corrected chi connectivity index (χ4v) is 11.2. The summed E-state index contributed by atoms with van der Waals surface area (Å²) in [5, 5.41) is 0. The summed E-state index contributed by atoms with van der Waals surface area (Å²) in [6, 6.07) is 37.9. The molecule has 0 amide bonds. The Labute approximate surface area is 220 Å². The molecule has 1 atom stereocenters. The number of rotatable bonds is 7. The minimum atomic E-state index is -3.69. The number of hydrogen-bond donors (Lipinski definition) is 0. The van der Waals surface area contributed by atoms with Gasteiger partial charge in [-0.2, -0.15) is 0 Å². The first-order valence-corrected chi connectivity index (χ1v) is 16.2. The first-order chi connectivity index (χ1) is 17.0. The summed E-state index contributed by atoms with van der Waals surface area (Å²) in [6.07, 6.45) is 0. The van der Waals surface area contributed by atoms with Crippen molar-refractivity contribution < 1.29 is 8.42 Å². The Bertz CT molecular complexity index is 1420. The molecule has 4 aromatic rings. The quantitative estimate of drug-likeness (QED) is 0.297. The van der Waals surface area contributed by atoms with Crippen molar-refractivity contribution >= 4 is 48.9 Å². The third kappa shape index (κ3) is 5.39. The molecule has 0 saturated carbocycles. The van der Waals surface area contributed by atoms with Gasteiger partial charge in [0.15, 0.2) is 0 Å². The Kier molecular flexibility index (Phi) is 7.40. The molecule has 3 nitrogen and oxygen atoms in total. The topological polar surface area (TPSA) is 37.4 Å². The normalized spacial score (nSPS) is 16.5. The van der Waals surface area contributed by atoms with Crippen molar-refractivity contribution in [2.45, 2.75) is 17.9 Å². The molecule has 1 aliphatic rings. The average molecular weight is 610 g/mol. The third-order valence-electron chi connectivity index (χ3n) is 5.81. The Morgan fingerprint density at radius 1 is 0.686 bits per heavy atom. The van der Waals surface area contributed by atoms with E-state index in [2.05, 4.69) is 60.7 Å². The molecule has 1 unspecified atom stereocenters. The summed E-state index contributed by atoms with van der Waals surface area (Å²) in [5.74, 6) is 0. The second kappa shape index (κ2) is 10.7. The maximum absolute atomic E-state index is 14.0. The number of sulfonamides is 1. The standard InChI is InChI=1S/C29H25NO2SSe2/c1-22-17-19-24(20-18-22)33(31,32)30-21-27(34-25-13-7-3-8-14-25)29(35-26-15-9-4-10-16-26)28(30)23-11-5-2-6-12-23/h2-20,28H,21H2,1H3. The fraction of sp³-hybridized carbons (Fsp3) is 0.103. The van der Waals surface area contributed by atoms with Crippen LogP contribution in [0.5, 0.6) is 0 Å². The molecule has 0 spiro atoms. The van der Waals surface area contributed by atoms with Gasteiger partial charge in [0.05, 0.1) is 0 Å². The van der Waals surface area contributed by atoms with Crippen molar-refractivity contribution in [1.82, 2.24) is 4.31 Å². The monoisotopic (exact) mass is 611 g/mol. The van der Waals surface area contributed by atoms with Gasteiger partial charge in [-0.05, 0) is 0 Å². The Morgan fingerprint density at radius 2 is 1.20 bits per heavy atom. The van der Waals surface area contributed by atoms with Crippen LogP contribution in [0, 0.1) is 6.92 Å². The number of nitrogens with zero attached hydrogens (tertiary/aromatic N) is 1. The zero-order chi connectivity index (χ0) is 24.3. The Balaban J connectivity index is 1.64. The van der Waals surface area contributed by atoms with E-state index in [9.17, 15) is 8.42 Å². The van der Waals surface area contributed by atoms with E-state index >= 15 is 0 Å². The summed E-state index contributed by atoms with van der Waals surface area (Å²) in [7, 11) is -3.69. The summed E-state index contributed by atoms with van der Waals surface area (Å²) >= 11 is 0.0445. The van der Waals surface area contributed by atoms with Gasteiger partial charge >= 0.3 is 221 Å². The van der Waals surface area contributed by atoms with Crippen LogP contribution in [0.4, 0.5) is 0 Å². The first kappa shape index (κ1) is 24.3. The van der Waals surface area contributed by atoms with Crippen LogP contribution in [0.1, 0.15) is 17.2 Å². The van der Waals surface area contributed by atoms with Gasteiger partial charge in [-0.25, -0.2) is 0 Å². The molecule has 176 valence electrons. The molecule has 4 aromatic carbocycles. The fourth-order valence-electron chi connectivity index (χ4n) is 4.06. The van der Waals surface area contributed by atoms with Crippen LogP contribution in [0.2, 0.25) is 0 Å². The van der Waals surface area contributed by atoms with Crippen LogP contribution in [0.15, 0.2) is 129 Å². The SMILES string of the molecule is Cc1ccc(S(=O)(=O)N2CC([Se]c3ccccc3)=C([Se]c3ccccc3)C2c2ccccc2)cc1. The number of hydrogen-bond acceptors (Lipinski definition) is 2. The van der Waals surface area contributed by atoms with Gasteiger partial charge in [-0.15, -0.1) is 0 Å². The number of aryl methyl sites for hydroxylation is 1. The number of benzene rings is 4. The molecule has 1 heterocycles. The predicted octanol–water partition coefficient (Wildman–Crippen LogP) is 4.01. The molecule has 0 radical (unpaired) electrons. The van der Waals surface area contributed by atoms with Crippen LogP contribution in [-0.4, -0.2) is 49.2 Å². The molecule has 5 rings (SSSR count). The van der Waals surface area contributed by atoms with Gasteiger partial charge in [-0.3, -0.25) is 0 Å². The molecule has 0 bridgehead atoms. The summed E-state index contributed by atoms with van der Waals surface area (Å²) in [5.41, 5.74) is 2.07. The van der Waals surface area contributed by atoms with Gasteiger partial charge in [-0.1, -0.05) is 0 Å². The van der Waals surface area contributed by atoms with Crippen molar-refractivity contribution in [2.24, 2.45) is 0 Å². The van der Waals surface area contributed by atoms with Gasteiger partial charge in [0, 0.05) is 0 Å². The van der Waals surface area contributed by atoms with Crippen LogP contribution in [0.25, 0.3) is 0 Å². The van der Waals surface area contributed by atoms with Crippen LogP contribution >= 0.6 is 0 Å². The van der Waals surface area contributed by atoms with Crippen molar-refractivity contribution in [3.8, 4) is 0 Å². The predicted molar refractivity (Wildman–Crippen MR) is 145 cm³/mol. The van der Waals surface area contributed by atoms with Crippen molar-refractivity contribution in [1.29, 1.82) is 0 Å². The zero-order valence-electron chi connectivity index (χ0n) is 19.2. The maximum atomic E-state index is 14.0. The van der Waals surface area contributed by atoms with E-state index in [1.165, 1.54) is 17.9 Å². The second-order valence-electron chi connectivity index (χ2n) is 8.29. The molecule has 0 saturated heterocycles. The van der Waals surface area contributed by atoms with E-state index in [0.717, 1.165) is 11.1 Å². The zero-order valence-corrected chi connectivity index (χ0v) is 23.5. The Morgan fingerprint density at radius 3 is 1.77 bits per heavy atom. The summed E-state index contributed by atoms with van der Waals surface area (Å²) in [4.78, 5) is 0.351. The van der Waals surface area contributed by atoms with Gasteiger partial charge < -0.3 is 0 Å². The average Bonchev–Trinajstić information content (AvgIpc) is 3.24. The summed E-state index contributed by atoms with van der Waals surface area (Å²) < 4.78 is 34.8. The molecule has 6 heteroatoms. The molecule has 0 aromatic heterocycles. The molecule has 0 aliphatic carbocycles. The van der Waals surface area contributed by atoms with Crippen LogP contribution < -0.4 is 8.92 Å². The van der Waals surface area contributed by atoms with E-state index in [4.69, 9.17) is 0 Å². The van der Waals surface area contributed by atoms with E-state index < -0.39 is 10.0 Å². The van der Waals surface area contributed by atoms with Gasteiger partial charge in [0.1, 0.15) is 0 Å². The molecule has 35 heavy (non-hydrogen) atoms. The van der Waals surface area contributed by atoms with Crippen molar-refractivity contribution in [3.05, 3.63) is 135 Å². The van der Waals surface area contributed by atoms with E-state index in [0.29, 0.717) is 11.4 Å². The van der Waals surface area contributed by atoms with Gasteiger partial charge in [0.2, 0.25) is 0 Å². The second-order valence-corrected chi connectivity index (χ2v) is 15.0. The first-order valence-electron chi connectivity index (χ1n) is 11.3. The molecule has 0 fully saturated rings. The summed E-state index contributed by atoms with van der Waals surface area (Å²) in [6.45, 7) is 2.40. The minimum absolute atomic E-state index is 0.00514. The molecular weight excluding hydrogens is 584 g/mol. The van der Waals surface area contributed by atoms with Crippen molar-refractivity contribution in [2.75, 3.05) is 6.54 Å². The van der Waals surface area contributed by atoms with E-state index in [-0.39, 0.29) is 36.0 Å². The third-order valence-corrected chi connectivity index (χ3v) is 13.1. The molecule has 1 aliphatic heterocycles.